The van der Waals surface area contributed by atoms with Crippen LogP contribution in [0.3, 0.4) is 0 Å². The number of carbonyl (C=O) groups is 2. The fraction of sp³-hybridized carbons (Fsp3) is 0.250. The van der Waals surface area contributed by atoms with E-state index in [2.05, 4.69) is 5.32 Å². The number of nitrogens with one attached hydrogen (secondary N) is 1. The van der Waals surface area contributed by atoms with Crippen molar-refractivity contribution in [2.75, 3.05) is 5.32 Å². The van der Waals surface area contributed by atoms with Crippen molar-refractivity contribution in [2.24, 2.45) is 11.1 Å². The number of furan rings is 1. The maximum Gasteiger partial charge on any atom is 0.306 e. The van der Waals surface area contributed by atoms with Gasteiger partial charge < -0.3 is 14.8 Å². The molecule has 0 aliphatic heterocycles. The summed E-state index contributed by atoms with van der Waals surface area (Å²) in [5, 5.41) is 16.5. The largest absolute Gasteiger partial charge is 0.481 e. The molecule has 1 amide bonds. The zero-order valence-electron chi connectivity index (χ0n) is 13.6. The number of carbonyl (C=O) groups excluding carboxylic acids is 1. The van der Waals surface area contributed by atoms with Crippen LogP contribution in [0, 0.1) is 12.8 Å². The number of nitrogens with two attached hydrogens (primary N) is 1. The lowest BCUT2D eigenvalue weighted by Gasteiger charge is -2.08. The summed E-state index contributed by atoms with van der Waals surface area (Å²) in [6.45, 7) is 3.01. The first-order chi connectivity index (χ1) is 11.6. The number of carboxylic acids is 1. The number of primary sulfonamides is 1. The van der Waals surface area contributed by atoms with Gasteiger partial charge in [0.1, 0.15) is 10.7 Å². The van der Waals surface area contributed by atoms with Crippen LogP contribution < -0.4 is 10.5 Å². The number of hydrogen-bond donors (Lipinski definition) is 3. The van der Waals surface area contributed by atoms with Gasteiger partial charge in [-0.15, -0.1) is 0 Å². The first kappa shape index (κ1) is 18.7. The Morgan fingerprint density at radius 1 is 1.28 bits per heavy atom. The van der Waals surface area contributed by atoms with Gasteiger partial charge in [0.05, 0.1) is 5.92 Å². The molecule has 0 radical (unpaired) electrons. The van der Waals surface area contributed by atoms with Crippen molar-refractivity contribution in [3.05, 3.63) is 47.4 Å². The molecule has 1 unspecified atom stereocenters. The second-order valence-electron chi connectivity index (χ2n) is 5.67. The fourth-order valence-corrected chi connectivity index (χ4v) is 2.93. The molecule has 1 aromatic carbocycles. The molecule has 0 bridgehead atoms. The van der Waals surface area contributed by atoms with Gasteiger partial charge in [0.15, 0.2) is 5.76 Å². The second-order valence-corrected chi connectivity index (χ2v) is 7.20. The van der Waals surface area contributed by atoms with Gasteiger partial charge in [0.2, 0.25) is 10.0 Å². The summed E-state index contributed by atoms with van der Waals surface area (Å²) >= 11 is 0. The quantitative estimate of drug-likeness (QED) is 0.711. The Kier molecular flexibility index (Phi) is 5.29. The minimum absolute atomic E-state index is 0.0330. The molecule has 2 rings (SSSR count). The summed E-state index contributed by atoms with van der Waals surface area (Å²) < 4.78 is 27.9. The minimum Gasteiger partial charge on any atom is -0.481 e. The molecule has 8 nitrogen and oxygen atoms in total. The molecule has 9 heteroatoms. The smallest absolute Gasteiger partial charge is 0.306 e. The van der Waals surface area contributed by atoms with Crippen LogP contribution in [0.2, 0.25) is 0 Å². The predicted molar refractivity (Wildman–Crippen MR) is 89.7 cm³/mol. The average Bonchev–Trinajstić information content (AvgIpc) is 2.91. The van der Waals surface area contributed by atoms with Gasteiger partial charge in [-0.1, -0.05) is 19.1 Å². The molecule has 0 saturated heterocycles. The van der Waals surface area contributed by atoms with Crippen molar-refractivity contribution in [3.8, 4) is 0 Å². The maximum atomic E-state index is 12.1. The highest BCUT2D eigenvalue weighted by molar-refractivity contribution is 7.89. The highest BCUT2D eigenvalue weighted by atomic mass is 32.2. The summed E-state index contributed by atoms with van der Waals surface area (Å²) in [7, 11) is -3.96. The number of benzene rings is 1. The van der Waals surface area contributed by atoms with E-state index in [-0.39, 0.29) is 16.4 Å². The van der Waals surface area contributed by atoms with Crippen molar-refractivity contribution >= 4 is 27.6 Å². The molecular weight excluding hydrogens is 348 g/mol. The number of amides is 1. The maximum absolute atomic E-state index is 12.1. The molecule has 0 fully saturated rings. The third-order valence-electron chi connectivity index (χ3n) is 3.58. The van der Waals surface area contributed by atoms with Crippen LogP contribution in [0.4, 0.5) is 5.69 Å². The Labute approximate surface area is 144 Å². The topological polar surface area (TPSA) is 140 Å². The number of aryl methyl sites for hydroxylation is 1. The molecule has 1 atom stereocenters. The Hall–Kier alpha value is -2.65. The number of aliphatic carboxylic acids is 1. The molecule has 25 heavy (non-hydrogen) atoms. The highest BCUT2D eigenvalue weighted by Gasteiger charge is 2.21. The van der Waals surface area contributed by atoms with Gasteiger partial charge in [-0.2, -0.15) is 0 Å². The number of hydrogen-bond acceptors (Lipinski definition) is 5. The average molecular weight is 366 g/mol. The molecule has 1 aromatic heterocycles. The summed E-state index contributed by atoms with van der Waals surface area (Å²) in [4.78, 5) is 22.8. The molecule has 0 aliphatic rings. The summed E-state index contributed by atoms with van der Waals surface area (Å²) in [5.41, 5.74) is 1.28. The van der Waals surface area contributed by atoms with Gasteiger partial charge >= 0.3 is 5.97 Å². The molecular formula is C16H18N2O6S. The van der Waals surface area contributed by atoms with Gasteiger partial charge in [-0.3, -0.25) is 9.59 Å². The highest BCUT2D eigenvalue weighted by Crippen LogP contribution is 2.20. The zero-order chi connectivity index (χ0) is 18.8. The lowest BCUT2D eigenvalue weighted by atomic mass is 10.0. The van der Waals surface area contributed by atoms with Crippen molar-refractivity contribution in [2.45, 2.75) is 25.2 Å². The summed E-state index contributed by atoms with van der Waals surface area (Å²) in [5.74, 6) is -2.15. The normalized spacial score (nSPS) is 12.6. The van der Waals surface area contributed by atoms with E-state index in [4.69, 9.17) is 14.7 Å². The van der Waals surface area contributed by atoms with E-state index in [1.807, 2.05) is 0 Å². The van der Waals surface area contributed by atoms with E-state index < -0.39 is 27.8 Å². The molecule has 2 aromatic rings. The first-order valence-corrected chi connectivity index (χ1v) is 8.89. The third kappa shape index (κ3) is 4.68. The van der Waals surface area contributed by atoms with Crippen LogP contribution in [-0.2, 0) is 21.2 Å². The molecule has 0 aliphatic carbocycles. The Morgan fingerprint density at radius 3 is 2.36 bits per heavy atom. The van der Waals surface area contributed by atoms with Crippen LogP contribution in [-0.4, -0.2) is 25.4 Å². The fourth-order valence-electron chi connectivity index (χ4n) is 2.22. The monoisotopic (exact) mass is 366 g/mol. The lowest BCUT2D eigenvalue weighted by molar-refractivity contribution is -0.141. The van der Waals surface area contributed by atoms with Gasteiger partial charge in [-0.25, -0.2) is 13.6 Å². The number of sulfonamides is 1. The van der Waals surface area contributed by atoms with Crippen LogP contribution in [0.25, 0.3) is 0 Å². The lowest BCUT2D eigenvalue weighted by Crippen LogP contribution is -2.13. The second kappa shape index (κ2) is 7.08. The zero-order valence-corrected chi connectivity index (χ0v) is 14.5. The van der Waals surface area contributed by atoms with E-state index in [9.17, 15) is 18.0 Å². The molecule has 0 spiro atoms. The summed E-state index contributed by atoms with van der Waals surface area (Å²) in [6.07, 6.45) is 0.374. The molecule has 1 heterocycles. The van der Waals surface area contributed by atoms with E-state index in [1.165, 1.54) is 6.92 Å². The number of anilines is 1. The Morgan fingerprint density at radius 2 is 1.88 bits per heavy atom. The third-order valence-corrected chi connectivity index (χ3v) is 4.60. The van der Waals surface area contributed by atoms with Crippen LogP contribution in [0.5, 0.6) is 0 Å². The Bertz CT molecular complexity index is 899. The minimum atomic E-state index is -3.96. The molecule has 134 valence electrons. The van der Waals surface area contributed by atoms with Crippen molar-refractivity contribution in [1.29, 1.82) is 0 Å². The van der Waals surface area contributed by atoms with E-state index in [1.54, 1.807) is 31.2 Å². The van der Waals surface area contributed by atoms with Gasteiger partial charge in [-0.05, 0) is 31.0 Å². The van der Waals surface area contributed by atoms with Crippen molar-refractivity contribution < 1.29 is 27.5 Å². The number of rotatable bonds is 6. The van der Waals surface area contributed by atoms with E-state index >= 15 is 0 Å². The van der Waals surface area contributed by atoms with Crippen LogP contribution in [0.15, 0.2) is 39.6 Å². The number of carboxylic acid groups (broad SMARTS) is 1. The molecule has 4 N–H and O–H groups in total. The van der Waals surface area contributed by atoms with E-state index in [0.717, 1.165) is 11.6 Å². The van der Waals surface area contributed by atoms with Crippen molar-refractivity contribution in [1.82, 2.24) is 0 Å². The van der Waals surface area contributed by atoms with Crippen LogP contribution in [0.1, 0.15) is 28.8 Å². The standard InChI is InChI=1S/C16H18N2O6S/c1-9(16(20)21)7-11-3-5-12(6-4-11)18-15(19)13-8-14(10(2)24-13)25(17,22)23/h3-6,8-9H,7H2,1-2H3,(H,18,19)(H,20,21)(H2,17,22,23). The SMILES string of the molecule is Cc1oc(C(=O)Nc2ccc(CC(C)C(=O)O)cc2)cc1S(N)(=O)=O. The Balaban J connectivity index is 2.10. The van der Waals surface area contributed by atoms with Gasteiger partial charge in [0, 0.05) is 11.8 Å². The first-order valence-electron chi connectivity index (χ1n) is 7.34. The predicted octanol–water partition coefficient (Wildman–Crippen LogP) is 1.75. The van der Waals surface area contributed by atoms with Crippen molar-refractivity contribution in [3.63, 3.8) is 0 Å². The van der Waals surface area contributed by atoms with Crippen LogP contribution >= 0.6 is 0 Å². The van der Waals surface area contributed by atoms with Gasteiger partial charge in [0.25, 0.3) is 5.91 Å². The summed E-state index contributed by atoms with van der Waals surface area (Å²) in [6, 6.07) is 7.73. The van der Waals surface area contributed by atoms with E-state index in [0.29, 0.717) is 12.1 Å². The molecule has 0 saturated carbocycles.